The molecule has 0 amide bonds. The van der Waals surface area contributed by atoms with Crippen LogP contribution in [0, 0.1) is 0 Å². The highest BCUT2D eigenvalue weighted by Crippen LogP contribution is 2.19. The number of methoxy groups -OCH3 is 1. The molecule has 0 aliphatic carbocycles. The number of pyridine rings is 1. The van der Waals surface area contributed by atoms with Gasteiger partial charge in [-0.15, -0.1) is 0 Å². The number of hydrogen-bond acceptors (Lipinski definition) is 4. The Morgan fingerprint density at radius 1 is 1.35 bits per heavy atom. The van der Waals surface area contributed by atoms with E-state index in [4.69, 9.17) is 4.74 Å². The molecule has 0 radical (unpaired) electrons. The Kier molecular flexibility index (Phi) is 3.27. The van der Waals surface area contributed by atoms with Crippen LogP contribution >= 0.6 is 0 Å². The van der Waals surface area contributed by atoms with Gasteiger partial charge < -0.3 is 10.1 Å². The van der Waals surface area contributed by atoms with Crippen molar-refractivity contribution in [1.29, 1.82) is 0 Å². The van der Waals surface area contributed by atoms with E-state index in [1.807, 2.05) is 31.6 Å². The summed E-state index contributed by atoms with van der Waals surface area (Å²) >= 11 is 0. The van der Waals surface area contributed by atoms with E-state index in [0.717, 1.165) is 11.3 Å². The van der Waals surface area contributed by atoms with Crippen LogP contribution in [0.4, 0.5) is 5.69 Å². The van der Waals surface area contributed by atoms with E-state index in [9.17, 15) is 0 Å². The fraction of sp³-hybridized carbons (Fsp3) is 0.333. The molecule has 0 spiro atoms. The minimum Gasteiger partial charge on any atom is -0.481 e. The minimum absolute atomic E-state index is 0.193. The molecular weight excluding hydrogens is 216 g/mol. The number of nitrogens with zero attached hydrogens (tertiary/aromatic N) is 3. The number of nitrogens with one attached hydrogen (secondary N) is 1. The minimum atomic E-state index is 0.193. The Balaban J connectivity index is 2.04. The van der Waals surface area contributed by atoms with Crippen molar-refractivity contribution in [3.05, 3.63) is 36.3 Å². The van der Waals surface area contributed by atoms with Gasteiger partial charge in [-0.2, -0.15) is 5.10 Å². The molecule has 0 aliphatic rings. The third kappa shape index (κ3) is 2.75. The maximum Gasteiger partial charge on any atom is 0.213 e. The first-order valence-corrected chi connectivity index (χ1v) is 5.44. The Morgan fingerprint density at radius 3 is 2.71 bits per heavy atom. The fourth-order valence-corrected chi connectivity index (χ4v) is 1.58. The van der Waals surface area contributed by atoms with Gasteiger partial charge >= 0.3 is 0 Å². The normalized spacial score (nSPS) is 12.2. The number of anilines is 1. The van der Waals surface area contributed by atoms with Crippen LogP contribution in [0.15, 0.2) is 30.7 Å². The molecule has 2 aromatic heterocycles. The van der Waals surface area contributed by atoms with Gasteiger partial charge in [0.2, 0.25) is 5.88 Å². The monoisotopic (exact) mass is 232 g/mol. The maximum absolute atomic E-state index is 5.01. The number of aryl methyl sites for hydroxylation is 1. The number of aromatic nitrogens is 3. The Bertz CT molecular complexity index is 478. The van der Waals surface area contributed by atoms with E-state index in [2.05, 4.69) is 22.3 Å². The molecule has 1 N–H and O–H groups in total. The lowest BCUT2D eigenvalue weighted by Crippen LogP contribution is -2.06. The average molecular weight is 232 g/mol. The van der Waals surface area contributed by atoms with Gasteiger partial charge in [0.25, 0.3) is 0 Å². The highest BCUT2D eigenvalue weighted by atomic mass is 16.5. The van der Waals surface area contributed by atoms with Crippen LogP contribution in [0.1, 0.15) is 18.5 Å². The van der Waals surface area contributed by atoms with Crippen molar-refractivity contribution in [2.75, 3.05) is 12.4 Å². The van der Waals surface area contributed by atoms with Crippen molar-refractivity contribution in [1.82, 2.24) is 14.8 Å². The molecule has 0 aliphatic heterocycles. The Labute approximate surface area is 100 Å². The summed E-state index contributed by atoms with van der Waals surface area (Å²) in [6.45, 7) is 2.08. The van der Waals surface area contributed by atoms with Gasteiger partial charge in [0.1, 0.15) is 0 Å². The third-order valence-electron chi connectivity index (χ3n) is 2.55. The second-order valence-corrected chi connectivity index (χ2v) is 3.90. The Hall–Kier alpha value is -2.04. The maximum atomic E-state index is 5.01. The summed E-state index contributed by atoms with van der Waals surface area (Å²) in [5.74, 6) is 0.615. The molecule has 0 saturated heterocycles. The predicted molar refractivity (Wildman–Crippen MR) is 66.0 cm³/mol. The van der Waals surface area contributed by atoms with Crippen molar-refractivity contribution in [3.8, 4) is 5.88 Å². The quantitative estimate of drug-likeness (QED) is 0.876. The van der Waals surface area contributed by atoms with Crippen molar-refractivity contribution in [3.63, 3.8) is 0 Å². The molecular formula is C12H16N4O. The zero-order valence-electron chi connectivity index (χ0n) is 10.2. The predicted octanol–water partition coefficient (Wildman–Crippen LogP) is 2.00. The van der Waals surface area contributed by atoms with E-state index in [1.165, 1.54) is 0 Å². The first-order chi connectivity index (χ1) is 8.19. The molecule has 1 atom stereocenters. The van der Waals surface area contributed by atoms with Gasteiger partial charge in [0, 0.05) is 24.9 Å². The number of rotatable bonds is 4. The summed E-state index contributed by atoms with van der Waals surface area (Å²) in [6, 6.07) is 3.97. The van der Waals surface area contributed by atoms with Gasteiger partial charge in [0.05, 0.1) is 31.2 Å². The van der Waals surface area contributed by atoms with Crippen LogP contribution in [0.3, 0.4) is 0 Å². The largest absolute Gasteiger partial charge is 0.481 e. The SMILES string of the molecule is COc1ccc(NC(C)c2cnn(C)c2)cn1. The van der Waals surface area contributed by atoms with Crippen LogP contribution < -0.4 is 10.1 Å². The molecule has 0 bridgehead atoms. The summed E-state index contributed by atoms with van der Waals surface area (Å²) in [4.78, 5) is 4.14. The molecule has 0 aromatic carbocycles. The van der Waals surface area contributed by atoms with Crippen LogP contribution in [-0.4, -0.2) is 21.9 Å². The van der Waals surface area contributed by atoms with E-state index in [0.29, 0.717) is 5.88 Å². The Morgan fingerprint density at radius 2 is 2.18 bits per heavy atom. The van der Waals surface area contributed by atoms with Crippen molar-refractivity contribution in [2.24, 2.45) is 7.05 Å². The van der Waals surface area contributed by atoms with Gasteiger partial charge in [-0.05, 0) is 13.0 Å². The van der Waals surface area contributed by atoms with E-state index >= 15 is 0 Å². The summed E-state index contributed by atoms with van der Waals surface area (Å²) in [6.07, 6.45) is 5.61. The summed E-state index contributed by atoms with van der Waals surface area (Å²) in [5, 5.41) is 7.50. The standard InChI is InChI=1S/C12H16N4O/c1-9(10-6-14-16(2)8-10)15-11-4-5-12(17-3)13-7-11/h4-9,15H,1-3H3. The van der Waals surface area contributed by atoms with Crippen LogP contribution in [0.25, 0.3) is 0 Å². The van der Waals surface area contributed by atoms with Crippen molar-refractivity contribution in [2.45, 2.75) is 13.0 Å². The van der Waals surface area contributed by atoms with Gasteiger partial charge in [-0.25, -0.2) is 4.98 Å². The van der Waals surface area contributed by atoms with Crippen molar-refractivity contribution >= 4 is 5.69 Å². The molecule has 17 heavy (non-hydrogen) atoms. The molecule has 2 aromatic rings. The number of ether oxygens (including phenoxy) is 1. The van der Waals surface area contributed by atoms with Crippen LogP contribution in [0.5, 0.6) is 5.88 Å². The molecule has 0 fully saturated rings. The molecule has 5 nitrogen and oxygen atoms in total. The summed E-state index contributed by atoms with van der Waals surface area (Å²) < 4.78 is 6.80. The molecule has 2 rings (SSSR count). The highest BCUT2D eigenvalue weighted by Gasteiger charge is 2.07. The molecule has 0 saturated carbocycles. The van der Waals surface area contributed by atoms with Crippen molar-refractivity contribution < 1.29 is 4.74 Å². The lowest BCUT2D eigenvalue weighted by Gasteiger charge is -2.13. The molecule has 90 valence electrons. The average Bonchev–Trinajstić information content (AvgIpc) is 2.77. The molecule has 5 heteroatoms. The van der Waals surface area contributed by atoms with Gasteiger partial charge in [-0.3, -0.25) is 4.68 Å². The summed E-state index contributed by atoms with van der Waals surface area (Å²) in [5.41, 5.74) is 2.10. The lowest BCUT2D eigenvalue weighted by atomic mass is 10.2. The third-order valence-corrected chi connectivity index (χ3v) is 2.55. The van der Waals surface area contributed by atoms with Crippen LogP contribution in [-0.2, 0) is 7.05 Å². The first kappa shape index (κ1) is 11.4. The first-order valence-electron chi connectivity index (χ1n) is 5.44. The molecule has 2 heterocycles. The topological polar surface area (TPSA) is 52.0 Å². The second-order valence-electron chi connectivity index (χ2n) is 3.90. The fourth-order valence-electron chi connectivity index (χ4n) is 1.58. The highest BCUT2D eigenvalue weighted by molar-refractivity contribution is 5.44. The smallest absolute Gasteiger partial charge is 0.213 e. The zero-order valence-corrected chi connectivity index (χ0v) is 10.2. The van der Waals surface area contributed by atoms with E-state index in [1.54, 1.807) is 18.0 Å². The lowest BCUT2D eigenvalue weighted by molar-refractivity contribution is 0.398. The molecule has 1 unspecified atom stereocenters. The van der Waals surface area contributed by atoms with Gasteiger partial charge in [0.15, 0.2) is 0 Å². The van der Waals surface area contributed by atoms with E-state index in [-0.39, 0.29) is 6.04 Å². The number of hydrogen-bond donors (Lipinski definition) is 1. The van der Waals surface area contributed by atoms with Crippen LogP contribution in [0.2, 0.25) is 0 Å². The zero-order chi connectivity index (χ0) is 12.3. The summed E-state index contributed by atoms with van der Waals surface area (Å²) in [7, 11) is 3.51. The second kappa shape index (κ2) is 4.86. The van der Waals surface area contributed by atoms with E-state index < -0.39 is 0 Å². The van der Waals surface area contributed by atoms with Gasteiger partial charge in [-0.1, -0.05) is 0 Å².